The molecule has 0 fully saturated rings. The third kappa shape index (κ3) is 5.08. The summed E-state index contributed by atoms with van der Waals surface area (Å²) in [7, 11) is 2.01. The van der Waals surface area contributed by atoms with Crippen molar-refractivity contribution in [3.05, 3.63) is 24.0 Å². The van der Waals surface area contributed by atoms with Crippen LogP contribution in [0.5, 0.6) is 0 Å². The fourth-order valence-electron chi connectivity index (χ4n) is 2.33. The van der Waals surface area contributed by atoms with Crippen molar-refractivity contribution < 1.29 is 0 Å². The molecule has 1 atom stereocenters. The van der Waals surface area contributed by atoms with Gasteiger partial charge in [-0.05, 0) is 51.8 Å². The molecule has 106 valence electrons. The molecular weight excluding hydrogens is 234 g/mol. The second-order valence-electron chi connectivity index (χ2n) is 5.88. The summed E-state index contributed by atoms with van der Waals surface area (Å²) in [5, 5.41) is 12.3. The van der Waals surface area contributed by atoms with Crippen LogP contribution in [0.3, 0.4) is 0 Å². The van der Waals surface area contributed by atoms with Gasteiger partial charge in [-0.2, -0.15) is 5.26 Å². The van der Waals surface area contributed by atoms with Crippen molar-refractivity contribution in [1.29, 1.82) is 5.26 Å². The number of aryl methyl sites for hydroxylation is 1. The number of aromatic nitrogens is 1. The SMILES string of the molecule is CCC(NC)c1ccn(CCCCC(C)(C)C#N)c1. The first-order valence-electron chi connectivity index (χ1n) is 7.26. The fourth-order valence-corrected chi connectivity index (χ4v) is 2.33. The zero-order chi connectivity index (χ0) is 14.3. The Bertz CT molecular complexity index is 408. The van der Waals surface area contributed by atoms with Gasteiger partial charge in [0.25, 0.3) is 0 Å². The molecule has 0 aliphatic carbocycles. The molecule has 1 aromatic heterocycles. The van der Waals surface area contributed by atoms with Crippen LogP contribution in [0.2, 0.25) is 0 Å². The van der Waals surface area contributed by atoms with Crippen molar-refractivity contribution in [2.75, 3.05) is 7.05 Å². The molecule has 0 aromatic carbocycles. The number of nitriles is 1. The number of hydrogen-bond donors (Lipinski definition) is 1. The quantitative estimate of drug-likeness (QED) is 0.721. The van der Waals surface area contributed by atoms with Crippen LogP contribution in [0.15, 0.2) is 18.5 Å². The summed E-state index contributed by atoms with van der Waals surface area (Å²) in [6.45, 7) is 7.27. The van der Waals surface area contributed by atoms with Gasteiger partial charge in [0.05, 0.1) is 11.5 Å². The molecule has 0 bridgehead atoms. The van der Waals surface area contributed by atoms with Crippen molar-refractivity contribution in [2.45, 2.75) is 59.0 Å². The molecular formula is C16H27N3. The van der Waals surface area contributed by atoms with Crippen LogP contribution in [0, 0.1) is 16.7 Å². The Balaban J connectivity index is 2.37. The summed E-state index contributed by atoms with van der Waals surface area (Å²) < 4.78 is 2.26. The first kappa shape index (κ1) is 15.8. The molecule has 19 heavy (non-hydrogen) atoms. The molecule has 0 amide bonds. The molecule has 0 saturated carbocycles. The van der Waals surface area contributed by atoms with Crippen molar-refractivity contribution in [1.82, 2.24) is 9.88 Å². The van der Waals surface area contributed by atoms with E-state index < -0.39 is 0 Å². The summed E-state index contributed by atoms with van der Waals surface area (Å²) in [4.78, 5) is 0. The predicted molar refractivity (Wildman–Crippen MR) is 79.8 cm³/mol. The van der Waals surface area contributed by atoms with Gasteiger partial charge in [0.1, 0.15) is 0 Å². The minimum Gasteiger partial charge on any atom is -0.354 e. The first-order chi connectivity index (χ1) is 9.02. The molecule has 0 aliphatic heterocycles. The Morgan fingerprint density at radius 1 is 1.42 bits per heavy atom. The molecule has 1 N–H and O–H groups in total. The average Bonchev–Trinajstić information content (AvgIpc) is 2.85. The molecule has 0 aliphatic rings. The summed E-state index contributed by atoms with van der Waals surface area (Å²) in [5.74, 6) is 0. The number of unbranched alkanes of at least 4 members (excludes halogenated alkanes) is 1. The largest absolute Gasteiger partial charge is 0.354 e. The van der Waals surface area contributed by atoms with Gasteiger partial charge in [-0.3, -0.25) is 0 Å². The van der Waals surface area contributed by atoms with Gasteiger partial charge in [0, 0.05) is 25.0 Å². The Morgan fingerprint density at radius 3 is 2.74 bits per heavy atom. The normalized spacial score (nSPS) is 13.2. The van der Waals surface area contributed by atoms with E-state index in [0.717, 1.165) is 32.2 Å². The monoisotopic (exact) mass is 261 g/mol. The van der Waals surface area contributed by atoms with Gasteiger partial charge in [-0.1, -0.05) is 13.3 Å². The maximum absolute atomic E-state index is 8.97. The first-order valence-corrected chi connectivity index (χ1v) is 7.26. The molecule has 0 spiro atoms. The van der Waals surface area contributed by atoms with Crippen LogP contribution in [0.4, 0.5) is 0 Å². The lowest BCUT2D eigenvalue weighted by atomic mass is 9.89. The number of nitrogens with zero attached hydrogens (tertiary/aromatic N) is 2. The highest BCUT2D eigenvalue weighted by Crippen LogP contribution is 2.22. The topological polar surface area (TPSA) is 40.8 Å². The average molecular weight is 261 g/mol. The Morgan fingerprint density at radius 2 is 2.16 bits per heavy atom. The molecule has 1 unspecified atom stereocenters. The van der Waals surface area contributed by atoms with Crippen LogP contribution >= 0.6 is 0 Å². The standard InChI is InChI=1S/C16H27N3/c1-5-15(18-4)14-8-11-19(12-14)10-7-6-9-16(2,3)13-17/h8,11-12,15,18H,5-7,9-10H2,1-4H3. The molecule has 0 radical (unpaired) electrons. The van der Waals surface area contributed by atoms with Crippen LogP contribution < -0.4 is 5.32 Å². The van der Waals surface area contributed by atoms with Crippen molar-refractivity contribution in [3.8, 4) is 6.07 Å². The van der Waals surface area contributed by atoms with E-state index in [4.69, 9.17) is 5.26 Å². The van der Waals surface area contributed by atoms with Crippen molar-refractivity contribution >= 4 is 0 Å². The van der Waals surface area contributed by atoms with Gasteiger partial charge in [-0.15, -0.1) is 0 Å². The van der Waals surface area contributed by atoms with Crippen LogP contribution in [0.25, 0.3) is 0 Å². The third-order valence-corrected chi connectivity index (χ3v) is 3.70. The van der Waals surface area contributed by atoms with Gasteiger partial charge < -0.3 is 9.88 Å². The minimum atomic E-state index is -0.179. The van der Waals surface area contributed by atoms with Crippen LogP contribution in [-0.4, -0.2) is 11.6 Å². The lowest BCUT2D eigenvalue weighted by Crippen LogP contribution is -2.14. The Hall–Kier alpha value is -1.27. The number of nitrogens with one attached hydrogen (secondary N) is 1. The smallest absolute Gasteiger partial charge is 0.0683 e. The molecule has 1 aromatic rings. The van der Waals surface area contributed by atoms with E-state index in [0.29, 0.717) is 6.04 Å². The molecule has 3 heteroatoms. The van der Waals surface area contributed by atoms with E-state index in [1.165, 1.54) is 5.56 Å². The zero-order valence-electron chi connectivity index (χ0n) is 12.7. The molecule has 1 heterocycles. The molecule has 1 rings (SSSR count). The zero-order valence-corrected chi connectivity index (χ0v) is 12.7. The fraction of sp³-hybridized carbons (Fsp3) is 0.688. The number of hydrogen-bond acceptors (Lipinski definition) is 2. The summed E-state index contributed by atoms with van der Waals surface area (Å²) in [6, 6.07) is 5.01. The van der Waals surface area contributed by atoms with Crippen LogP contribution in [-0.2, 0) is 6.54 Å². The van der Waals surface area contributed by atoms with E-state index >= 15 is 0 Å². The lowest BCUT2D eigenvalue weighted by molar-refractivity contribution is 0.417. The van der Waals surface area contributed by atoms with E-state index in [1.807, 2.05) is 20.9 Å². The van der Waals surface area contributed by atoms with Crippen molar-refractivity contribution in [3.63, 3.8) is 0 Å². The maximum Gasteiger partial charge on any atom is 0.0683 e. The Labute approximate surface area is 117 Å². The molecule has 0 saturated heterocycles. The van der Waals surface area contributed by atoms with E-state index in [2.05, 4.69) is 41.3 Å². The van der Waals surface area contributed by atoms with E-state index in [9.17, 15) is 0 Å². The summed E-state index contributed by atoms with van der Waals surface area (Å²) >= 11 is 0. The highest BCUT2D eigenvalue weighted by atomic mass is 14.9. The highest BCUT2D eigenvalue weighted by molar-refractivity contribution is 5.15. The molecule has 3 nitrogen and oxygen atoms in total. The maximum atomic E-state index is 8.97. The second kappa shape index (κ2) is 7.35. The van der Waals surface area contributed by atoms with E-state index in [1.54, 1.807) is 0 Å². The summed E-state index contributed by atoms with van der Waals surface area (Å²) in [6.07, 6.45) is 8.72. The van der Waals surface area contributed by atoms with Gasteiger partial charge in [0.2, 0.25) is 0 Å². The van der Waals surface area contributed by atoms with Crippen LogP contribution in [0.1, 0.15) is 58.1 Å². The summed E-state index contributed by atoms with van der Waals surface area (Å²) in [5.41, 5.74) is 1.18. The second-order valence-corrected chi connectivity index (χ2v) is 5.88. The number of rotatable bonds is 8. The predicted octanol–water partition coefficient (Wildman–Crippen LogP) is 3.88. The van der Waals surface area contributed by atoms with Crippen molar-refractivity contribution in [2.24, 2.45) is 5.41 Å². The Kier molecular flexibility index (Phi) is 6.11. The highest BCUT2D eigenvalue weighted by Gasteiger charge is 2.15. The van der Waals surface area contributed by atoms with Gasteiger partial charge >= 0.3 is 0 Å². The lowest BCUT2D eigenvalue weighted by Gasteiger charge is -2.14. The van der Waals surface area contributed by atoms with E-state index in [-0.39, 0.29) is 5.41 Å². The van der Waals surface area contributed by atoms with Gasteiger partial charge in [0.15, 0.2) is 0 Å². The minimum absolute atomic E-state index is 0.179. The van der Waals surface area contributed by atoms with Gasteiger partial charge in [-0.25, -0.2) is 0 Å². The third-order valence-electron chi connectivity index (χ3n) is 3.70.